The van der Waals surface area contributed by atoms with Crippen LogP contribution in [-0.4, -0.2) is 27.1 Å². The molecule has 7 heteroatoms. The van der Waals surface area contributed by atoms with E-state index in [1.165, 1.54) is 24.5 Å². The van der Waals surface area contributed by atoms with E-state index in [4.69, 9.17) is 9.52 Å². The number of carbonyl (C=O) groups is 2. The molecule has 3 aromatic rings. The number of para-hydroxylation sites is 1. The number of aromatic hydroxyl groups is 1. The van der Waals surface area contributed by atoms with Gasteiger partial charge < -0.3 is 19.9 Å². The number of rotatable bonds is 5. The zero-order chi connectivity index (χ0) is 17.8. The average molecular weight is 338 g/mol. The van der Waals surface area contributed by atoms with Crippen LogP contribution in [0.1, 0.15) is 26.4 Å². The van der Waals surface area contributed by atoms with Crippen molar-refractivity contribution in [3.8, 4) is 17.2 Å². The van der Waals surface area contributed by atoms with Crippen molar-refractivity contribution in [3.63, 3.8) is 0 Å². The number of carbonyl (C=O) groups excluding carboxylic acids is 1. The number of hydrogen-bond acceptors (Lipinski definition) is 5. The molecule has 0 atom stereocenters. The van der Waals surface area contributed by atoms with E-state index in [2.05, 4.69) is 10.3 Å². The molecule has 7 nitrogen and oxygen atoms in total. The molecule has 3 N–H and O–H groups in total. The molecule has 1 amide bonds. The summed E-state index contributed by atoms with van der Waals surface area (Å²) in [6.45, 7) is 0.220. The molecule has 0 aliphatic carbocycles. The summed E-state index contributed by atoms with van der Waals surface area (Å²) in [7, 11) is 0. The number of carboxylic acid groups (broad SMARTS) is 1. The summed E-state index contributed by atoms with van der Waals surface area (Å²) in [6.07, 6.45) is 1.21. The molecule has 0 aliphatic heterocycles. The molecule has 0 radical (unpaired) electrons. The molecule has 1 heterocycles. The molecular weight excluding hydrogens is 324 g/mol. The minimum atomic E-state index is -1.00. The Hall–Kier alpha value is -3.61. The van der Waals surface area contributed by atoms with Gasteiger partial charge in [0.1, 0.15) is 12.0 Å². The van der Waals surface area contributed by atoms with Crippen LogP contribution in [0.5, 0.6) is 5.75 Å². The highest BCUT2D eigenvalue weighted by Gasteiger charge is 2.15. The predicted octanol–water partition coefficient (Wildman–Crippen LogP) is 2.68. The van der Waals surface area contributed by atoms with Crippen LogP contribution in [0.2, 0.25) is 0 Å². The number of benzene rings is 2. The molecule has 0 fully saturated rings. The van der Waals surface area contributed by atoms with E-state index in [0.717, 1.165) is 5.56 Å². The standard InChI is InChI=1S/C18H14N2O5/c21-15-4-2-1-3-13(15)17-20-14(10-25-17)16(22)19-9-11-5-7-12(8-6-11)18(23)24/h1-8,10,21H,9H2,(H,19,22)(H,23,24). The Morgan fingerprint density at radius 2 is 1.80 bits per heavy atom. The Morgan fingerprint density at radius 1 is 1.08 bits per heavy atom. The van der Waals surface area contributed by atoms with Crippen molar-refractivity contribution < 1.29 is 24.2 Å². The highest BCUT2D eigenvalue weighted by atomic mass is 16.4. The van der Waals surface area contributed by atoms with Crippen molar-refractivity contribution in [1.29, 1.82) is 0 Å². The predicted molar refractivity (Wildman–Crippen MR) is 88.2 cm³/mol. The first-order valence-corrected chi connectivity index (χ1v) is 7.39. The summed E-state index contributed by atoms with van der Waals surface area (Å²) in [5, 5.41) is 21.3. The van der Waals surface area contributed by atoms with Gasteiger partial charge in [-0.2, -0.15) is 0 Å². The molecule has 0 aliphatic rings. The molecule has 1 aromatic heterocycles. The number of phenols is 1. The van der Waals surface area contributed by atoms with Crippen LogP contribution in [-0.2, 0) is 6.54 Å². The molecule has 25 heavy (non-hydrogen) atoms. The summed E-state index contributed by atoms with van der Waals surface area (Å²) in [5.74, 6) is -1.29. The van der Waals surface area contributed by atoms with Crippen molar-refractivity contribution >= 4 is 11.9 Å². The summed E-state index contributed by atoms with van der Waals surface area (Å²) >= 11 is 0. The summed E-state index contributed by atoms with van der Waals surface area (Å²) in [4.78, 5) is 27.0. The van der Waals surface area contributed by atoms with E-state index in [1.807, 2.05) is 0 Å². The Morgan fingerprint density at radius 3 is 2.48 bits per heavy atom. The molecule has 0 spiro atoms. The van der Waals surface area contributed by atoms with Gasteiger partial charge in [0.05, 0.1) is 11.1 Å². The van der Waals surface area contributed by atoms with Crippen LogP contribution in [0.15, 0.2) is 59.2 Å². The molecule has 126 valence electrons. The topological polar surface area (TPSA) is 113 Å². The van der Waals surface area contributed by atoms with E-state index < -0.39 is 11.9 Å². The third kappa shape index (κ3) is 3.66. The lowest BCUT2D eigenvalue weighted by molar-refractivity contribution is 0.0696. The molecule has 0 unspecified atom stereocenters. The second-order valence-corrected chi connectivity index (χ2v) is 5.24. The van der Waals surface area contributed by atoms with Crippen LogP contribution >= 0.6 is 0 Å². The fourth-order valence-electron chi connectivity index (χ4n) is 2.19. The van der Waals surface area contributed by atoms with E-state index >= 15 is 0 Å². The smallest absolute Gasteiger partial charge is 0.335 e. The Labute approximate surface area is 142 Å². The minimum Gasteiger partial charge on any atom is -0.507 e. The zero-order valence-corrected chi connectivity index (χ0v) is 13.0. The SMILES string of the molecule is O=C(O)c1ccc(CNC(=O)c2coc(-c3ccccc3O)n2)cc1. The van der Waals surface area contributed by atoms with Crippen molar-refractivity contribution in [2.75, 3.05) is 0 Å². The van der Waals surface area contributed by atoms with Gasteiger partial charge in [-0.1, -0.05) is 24.3 Å². The number of oxazole rings is 1. The quantitative estimate of drug-likeness (QED) is 0.659. The lowest BCUT2D eigenvalue weighted by Gasteiger charge is -2.03. The Balaban J connectivity index is 1.66. The molecule has 2 aromatic carbocycles. The van der Waals surface area contributed by atoms with Crippen molar-refractivity contribution in [2.45, 2.75) is 6.54 Å². The number of hydrogen-bond donors (Lipinski definition) is 3. The third-order valence-electron chi connectivity index (χ3n) is 3.53. The first-order valence-electron chi connectivity index (χ1n) is 7.39. The van der Waals surface area contributed by atoms with E-state index in [1.54, 1.807) is 30.3 Å². The number of nitrogens with zero attached hydrogens (tertiary/aromatic N) is 1. The number of aromatic carboxylic acids is 1. The maximum Gasteiger partial charge on any atom is 0.335 e. The number of amides is 1. The second-order valence-electron chi connectivity index (χ2n) is 5.24. The van der Waals surface area contributed by atoms with Crippen molar-refractivity contribution in [3.05, 3.63) is 71.6 Å². The summed E-state index contributed by atoms with van der Waals surface area (Å²) < 4.78 is 5.25. The van der Waals surface area contributed by atoms with Crippen LogP contribution in [0.25, 0.3) is 11.5 Å². The lowest BCUT2D eigenvalue weighted by Crippen LogP contribution is -2.23. The number of phenolic OH excluding ortho intramolecular Hbond substituents is 1. The first kappa shape index (κ1) is 16.3. The summed E-state index contributed by atoms with van der Waals surface area (Å²) in [6, 6.07) is 12.7. The van der Waals surface area contributed by atoms with Gasteiger partial charge in [0, 0.05) is 6.54 Å². The van der Waals surface area contributed by atoms with Gasteiger partial charge in [-0.15, -0.1) is 0 Å². The highest BCUT2D eigenvalue weighted by Crippen LogP contribution is 2.27. The maximum atomic E-state index is 12.1. The minimum absolute atomic E-state index is 0.00910. The average Bonchev–Trinajstić information content (AvgIpc) is 3.10. The van der Waals surface area contributed by atoms with Gasteiger partial charge in [-0.05, 0) is 29.8 Å². The monoisotopic (exact) mass is 338 g/mol. The molecule has 0 saturated heterocycles. The lowest BCUT2D eigenvalue weighted by atomic mass is 10.1. The number of nitrogens with one attached hydrogen (secondary N) is 1. The molecule has 0 saturated carbocycles. The summed E-state index contributed by atoms with van der Waals surface area (Å²) in [5.41, 5.74) is 1.41. The van der Waals surface area contributed by atoms with Crippen LogP contribution in [0, 0.1) is 0 Å². The first-order chi connectivity index (χ1) is 12.0. The largest absolute Gasteiger partial charge is 0.507 e. The maximum absolute atomic E-state index is 12.1. The Bertz CT molecular complexity index is 915. The third-order valence-corrected chi connectivity index (χ3v) is 3.53. The van der Waals surface area contributed by atoms with Crippen molar-refractivity contribution in [1.82, 2.24) is 10.3 Å². The van der Waals surface area contributed by atoms with Gasteiger partial charge >= 0.3 is 5.97 Å². The van der Waals surface area contributed by atoms with Crippen LogP contribution < -0.4 is 5.32 Å². The fraction of sp³-hybridized carbons (Fsp3) is 0.0556. The van der Waals surface area contributed by atoms with Crippen LogP contribution in [0.3, 0.4) is 0 Å². The van der Waals surface area contributed by atoms with E-state index in [-0.39, 0.29) is 29.4 Å². The van der Waals surface area contributed by atoms with Gasteiger partial charge in [-0.3, -0.25) is 4.79 Å². The highest BCUT2D eigenvalue weighted by molar-refractivity contribution is 5.92. The van der Waals surface area contributed by atoms with Crippen molar-refractivity contribution in [2.24, 2.45) is 0 Å². The zero-order valence-electron chi connectivity index (χ0n) is 13.0. The normalized spacial score (nSPS) is 10.4. The Kier molecular flexibility index (Phi) is 4.47. The number of aromatic nitrogens is 1. The van der Waals surface area contributed by atoms with Gasteiger partial charge in [0.2, 0.25) is 5.89 Å². The van der Waals surface area contributed by atoms with Gasteiger partial charge in [0.25, 0.3) is 5.91 Å². The van der Waals surface area contributed by atoms with Gasteiger partial charge in [-0.25, -0.2) is 9.78 Å². The number of carboxylic acids is 1. The molecule has 0 bridgehead atoms. The molecule has 3 rings (SSSR count). The second kappa shape index (κ2) is 6.88. The van der Waals surface area contributed by atoms with E-state index in [9.17, 15) is 14.7 Å². The van der Waals surface area contributed by atoms with Crippen LogP contribution in [0.4, 0.5) is 0 Å². The fourth-order valence-corrected chi connectivity index (χ4v) is 2.19. The molecular formula is C18H14N2O5. The van der Waals surface area contributed by atoms with Gasteiger partial charge in [0.15, 0.2) is 5.69 Å². The van der Waals surface area contributed by atoms with E-state index in [0.29, 0.717) is 5.56 Å².